The summed E-state index contributed by atoms with van der Waals surface area (Å²) in [6, 6.07) is -0.445. The summed E-state index contributed by atoms with van der Waals surface area (Å²) in [6.45, 7) is 1.56. The monoisotopic (exact) mass is 291 g/mol. The van der Waals surface area contributed by atoms with Crippen LogP contribution in [-0.2, 0) is 16.1 Å². The lowest BCUT2D eigenvalue weighted by molar-refractivity contribution is -0.136. The van der Waals surface area contributed by atoms with Crippen LogP contribution in [0.15, 0.2) is 18.7 Å². The lowest BCUT2D eigenvalue weighted by Crippen LogP contribution is -2.55. The van der Waals surface area contributed by atoms with Gasteiger partial charge in [-0.2, -0.15) is 0 Å². The van der Waals surface area contributed by atoms with Gasteiger partial charge in [-0.25, -0.2) is 9.78 Å². The number of likely N-dealkylation sites (tertiary alicyclic amines) is 1. The van der Waals surface area contributed by atoms with Gasteiger partial charge in [-0.05, 0) is 12.8 Å². The molecule has 0 bridgehead atoms. The topological polar surface area (TPSA) is 96.3 Å². The molecule has 1 aromatic rings. The van der Waals surface area contributed by atoms with Crippen LogP contribution in [-0.4, -0.2) is 50.9 Å². The van der Waals surface area contributed by atoms with E-state index in [-0.39, 0.29) is 11.8 Å². The number of piperidine rings is 1. The highest BCUT2D eigenvalue weighted by molar-refractivity contribution is 6.07. The van der Waals surface area contributed by atoms with Crippen LogP contribution in [0.2, 0.25) is 0 Å². The average molecular weight is 291 g/mol. The molecule has 2 N–H and O–H groups in total. The van der Waals surface area contributed by atoms with E-state index in [1.807, 2.05) is 10.8 Å². The molecule has 8 heteroatoms. The van der Waals surface area contributed by atoms with Crippen LogP contribution in [0.4, 0.5) is 4.79 Å². The van der Waals surface area contributed by atoms with E-state index in [4.69, 9.17) is 0 Å². The molecule has 0 unspecified atom stereocenters. The zero-order valence-corrected chi connectivity index (χ0v) is 11.5. The zero-order chi connectivity index (χ0) is 14.9. The number of nitrogens with one attached hydrogen (secondary N) is 2. The van der Waals surface area contributed by atoms with Crippen molar-refractivity contribution < 1.29 is 14.4 Å². The van der Waals surface area contributed by atoms with Gasteiger partial charge in [0.25, 0.3) is 5.91 Å². The molecule has 4 amide bonds. The summed E-state index contributed by atoms with van der Waals surface area (Å²) < 4.78 is 1.86. The first kappa shape index (κ1) is 13.6. The number of imide groups is 1. The second kappa shape index (κ2) is 5.19. The van der Waals surface area contributed by atoms with E-state index in [9.17, 15) is 14.4 Å². The Balaban J connectivity index is 1.52. The number of hydrogen-bond donors (Lipinski definition) is 2. The molecular weight excluding hydrogens is 274 g/mol. The average Bonchev–Trinajstić information content (AvgIpc) is 3.06. The molecule has 1 aromatic heterocycles. The molecule has 2 aliphatic heterocycles. The normalized spacial score (nSPS) is 20.5. The first-order valence-electron chi connectivity index (χ1n) is 6.96. The quantitative estimate of drug-likeness (QED) is 0.732. The molecule has 1 spiro atoms. The van der Waals surface area contributed by atoms with Crippen LogP contribution in [0, 0.1) is 0 Å². The number of carbonyl (C=O) groups is 3. The van der Waals surface area contributed by atoms with Gasteiger partial charge in [-0.15, -0.1) is 0 Å². The number of carbonyl (C=O) groups excluding carboxylic acids is 3. The van der Waals surface area contributed by atoms with Crippen molar-refractivity contribution in [2.75, 3.05) is 13.1 Å². The molecule has 0 aliphatic carbocycles. The maximum Gasteiger partial charge on any atom is 0.322 e. The predicted molar refractivity (Wildman–Crippen MR) is 72.1 cm³/mol. The van der Waals surface area contributed by atoms with Crippen molar-refractivity contribution in [3.8, 4) is 0 Å². The smallest absolute Gasteiger partial charge is 0.322 e. The van der Waals surface area contributed by atoms with Crippen molar-refractivity contribution in [1.82, 2.24) is 25.1 Å². The predicted octanol–water partition coefficient (Wildman–Crippen LogP) is -0.526. The summed E-state index contributed by atoms with van der Waals surface area (Å²) >= 11 is 0. The largest absolute Gasteiger partial charge is 0.342 e. The van der Waals surface area contributed by atoms with E-state index in [0.29, 0.717) is 38.9 Å². The molecule has 8 nitrogen and oxygen atoms in total. The number of urea groups is 1. The van der Waals surface area contributed by atoms with Crippen molar-refractivity contribution in [2.45, 2.75) is 31.3 Å². The second-order valence-electron chi connectivity index (χ2n) is 5.42. The van der Waals surface area contributed by atoms with Gasteiger partial charge in [-0.3, -0.25) is 14.9 Å². The molecule has 2 fully saturated rings. The number of imidazole rings is 1. The summed E-state index contributed by atoms with van der Waals surface area (Å²) in [7, 11) is 0. The van der Waals surface area contributed by atoms with E-state index >= 15 is 0 Å². The number of hydrogen-bond acceptors (Lipinski definition) is 4. The lowest BCUT2D eigenvalue weighted by atomic mass is 9.87. The maximum absolute atomic E-state index is 12.1. The first-order chi connectivity index (χ1) is 10.1. The Hall–Kier alpha value is -2.38. The van der Waals surface area contributed by atoms with Gasteiger partial charge in [0.05, 0.1) is 6.33 Å². The van der Waals surface area contributed by atoms with Crippen molar-refractivity contribution in [1.29, 1.82) is 0 Å². The molecule has 21 heavy (non-hydrogen) atoms. The van der Waals surface area contributed by atoms with Crippen molar-refractivity contribution >= 4 is 17.8 Å². The number of amides is 4. The molecule has 0 saturated carbocycles. The number of aryl methyl sites for hydroxylation is 1. The van der Waals surface area contributed by atoms with Crippen molar-refractivity contribution in [3.63, 3.8) is 0 Å². The van der Waals surface area contributed by atoms with Crippen LogP contribution in [0.25, 0.3) is 0 Å². The fourth-order valence-electron chi connectivity index (χ4n) is 2.82. The van der Waals surface area contributed by atoms with Gasteiger partial charge in [0.1, 0.15) is 5.54 Å². The molecule has 112 valence electrons. The summed E-state index contributed by atoms with van der Waals surface area (Å²) in [6.07, 6.45) is 6.49. The van der Waals surface area contributed by atoms with Gasteiger partial charge >= 0.3 is 6.03 Å². The Morgan fingerprint density at radius 3 is 2.67 bits per heavy atom. The minimum absolute atomic E-state index is 0.0586. The fraction of sp³-hybridized carbons (Fsp3) is 0.538. The van der Waals surface area contributed by atoms with Crippen molar-refractivity contribution in [3.05, 3.63) is 18.7 Å². The highest BCUT2D eigenvalue weighted by atomic mass is 16.2. The van der Waals surface area contributed by atoms with Gasteiger partial charge in [0.15, 0.2) is 0 Å². The Morgan fingerprint density at radius 1 is 1.33 bits per heavy atom. The summed E-state index contributed by atoms with van der Waals surface area (Å²) in [5, 5.41) is 4.95. The van der Waals surface area contributed by atoms with Crippen LogP contribution < -0.4 is 10.6 Å². The van der Waals surface area contributed by atoms with Crippen LogP contribution in [0.5, 0.6) is 0 Å². The summed E-state index contributed by atoms with van der Waals surface area (Å²) in [4.78, 5) is 40.9. The van der Waals surface area contributed by atoms with E-state index in [1.54, 1.807) is 17.4 Å². The van der Waals surface area contributed by atoms with Gasteiger partial charge in [0.2, 0.25) is 5.91 Å². The molecule has 0 radical (unpaired) electrons. The molecule has 2 aliphatic rings. The molecule has 2 saturated heterocycles. The molecule has 0 aromatic carbocycles. The van der Waals surface area contributed by atoms with E-state index in [2.05, 4.69) is 15.6 Å². The third-order valence-electron chi connectivity index (χ3n) is 4.13. The van der Waals surface area contributed by atoms with Gasteiger partial charge < -0.3 is 14.8 Å². The second-order valence-corrected chi connectivity index (χ2v) is 5.42. The van der Waals surface area contributed by atoms with Crippen LogP contribution >= 0.6 is 0 Å². The summed E-state index contributed by atoms with van der Waals surface area (Å²) in [5.41, 5.74) is -0.821. The molecular formula is C13H17N5O3. The Morgan fingerprint density at radius 2 is 2.10 bits per heavy atom. The minimum Gasteiger partial charge on any atom is -0.342 e. The highest BCUT2D eigenvalue weighted by Gasteiger charge is 2.48. The Bertz CT molecular complexity index is 560. The molecule has 3 heterocycles. The number of rotatable bonds is 3. The van der Waals surface area contributed by atoms with Crippen molar-refractivity contribution in [2.24, 2.45) is 0 Å². The van der Waals surface area contributed by atoms with E-state index < -0.39 is 11.6 Å². The van der Waals surface area contributed by atoms with E-state index in [1.165, 1.54) is 0 Å². The standard InChI is InChI=1S/C13H17N5O3/c19-10(1-5-17-8-4-14-9-17)18-6-2-13(3-7-18)11(20)15-12(21)16-13/h4,8-9H,1-3,5-7H2,(H2,15,16,20,21). The van der Waals surface area contributed by atoms with E-state index in [0.717, 1.165) is 0 Å². The van der Waals surface area contributed by atoms with Crippen LogP contribution in [0.3, 0.4) is 0 Å². The first-order valence-corrected chi connectivity index (χ1v) is 6.96. The minimum atomic E-state index is -0.821. The number of aromatic nitrogens is 2. The third-order valence-corrected chi connectivity index (χ3v) is 4.13. The molecule has 0 atom stereocenters. The maximum atomic E-state index is 12.1. The van der Waals surface area contributed by atoms with Gasteiger partial charge in [0, 0.05) is 38.4 Å². The summed E-state index contributed by atoms with van der Waals surface area (Å²) in [5.74, 6) is -0.221. The van der Waals surface area contributed by atoms with Gasteiger partial charge in [-0.1, -0.05) is 0 Å². The highest BCUT2D eigenvalue weighted by Crippen LogP contribution is 2.25. The molecule has 3 rings (SSSR count). The van der Waals surface area contributed by atoms with Crippen LogP contribution in [0.1, 0.15) is 19.3 Å². The Kier molecular flexibility index (Phi) is 3.36. The Labute approximate surface area is 121 Å². The number of nitrogens with zero attached hydrogens (tertiary/aromatic N) is 3. The fourth-order valence-corrected chi connectivity index (χ4v) is 2.82. The third kappa shape index (κ3) is 2.61. The zero-order valence-electron chi connectivity index (χ0n) is 11.5. The SMILES string of the molecule is O=C1NC(=O)C2(CCN(C(=O)CCn3ccnc3)CC2)N1. The lowest BCUT2D eigenvalue weighted by Gasteiger charge is -2.37.